The zero-order chi connectivity index (χ0) is 16.6. The van der Waals surface area contributed by atoms with Crippen LogP contribution in [0.1, 0.15) is 24.8 Å². The Hall–Kier alpha value is -2.21. The number of hydrogen-bond donors (Lipinski definition) is 1. The van der Waals surface area contributed by atoms with Crippen molar-refractivity contribution in [3.8, 4) is 0 Å². The first-order chi connectivity index (χ1) is 11.8. The second kappa shape index (κ2) is 8.59. The van der Waals surface area contributed by atoms with E-state index in [1.165, 1.54) is 12.0 Å². The van der Waals surface area contributed by atoms with Gasteiger partial charge in [-0.25, -0.2) is 4.98 Å². The third-order valence-electron chi connectivity index (χ3n) is 4.57. The van der Waals surface area contributed by atoms with Gasteiger partial charge in [0.1, 0.15) is 12.7 Å². The van der Waals surface area contributed by atoms with E-state index < -0.39 is 0 Å². The van der Waals surface area contributed by atoms with Gasteiger partial charge in [0.05, 0.1) is 6.54 Å². The quantitative estimate of drug-likeness (QED) is 0.798. The monoisotopic (exact) mass is 327 g/mol. The van der Waals surface area contributed by atoms with Crippen LogP contribution in [0.3, 0.4) is 0 Å². The minimum Gasteiger partial charge on any atom is -0.356 e. The minimum absolute atomic E-state index is 0.136. The molecule has 128 valence electrons. The highest BCUT2D eigenvalue weighted by Gasteiger charge is 2.25. The summed E-state index contributed by atoms with van der Waals surface area (Å²) in [6.07, 6.45) is 7.12. The first-order valence-corrected chi connectivity index (χ1v) is 8.68. The summed E-state index contributed by atoms with van der Waals surface area (Å²) in [5, 5.41) is 7.20. The molecule has 6 heteroatoms. The zero-order valence-electron chi connectivity index (χ0n) is 14.0. The third kappa shape index (κ3) is 4.89. The predicted octanol–water partition coefficient (Wildman–Crippen LogP) is 1.49. The number of benzene rings is 1. The molecule has 1 aromatic heterocycles. The van der Waals surface area contributed by atoms with Crippen LogP contribution in [0.4, 0.5) is 0 Å². The van der Waals surface area contributed by atoms with E-state index >= 15 is 0 Å². The van der Waals surface area contributed by atoms with Gasteiger partial charge in [0.15, 0.2) is 0 Å². The fraction of sp³-hybridized carbons (Fsp3) is 0.500. The molecule has 2 heterocycles. The second-order valence-electron chi connectivity index (χ2n) is 6.29. The number of aromatic nitrogens is 3. The fourth-order valence-corrected chi connectivity index (χ4v) is 3.26. The Labute approximate surface area is 142 Å². The first kappa shape index (κ1) is 16.6. The Balaban J connectivity index is 1.36. The molecule has 0 unspecified atom stereocenters. The van der Waals surface area contributed by atoms with E-state index in [-0.39, 0.29) is 5.91 Å². The second-order valence-corrected chi connectivity index (χ2v) is 6.29. The molecular formula is C18H25N5O. The Kier molecular flexibility index (Phi) is 5.96. The molecule has 3 rings (SSSR count). The van der Waals surface area contributed by atoms with Crippen molar-refractivity contribution in [2.24, 2.45) is 0 Å². The van der Waals surface area contributed by atoms with Crippen LogP contribution in [-0.4, -0.2) is 51.2 Å². The van der Waals surface area contributed by atoms with Crippen molar-refractivity contribution in [3.05, 3.63) is 48.5 Å². The maximum Gasteiger partial charge on any atom is 0.221 e. The van der Waals surface area contributed by atoms with Gasteiger partial charge in [-0.15, -0.1) is 0 Å². The summed E-state index contributed by atoms with van der Waals surface area (Å²) in [7, 11) is 0. The van der Waals surface area contributed by atoms with Gasteiger partial charge in [-0.3, -0.25) is 14.4 Å². The number of nitrogens with zero attached hydrogens (tertiary/aromatic N) is 4. The molecule has 24 heavy (non-hydrogen) atoms. The summed E-state index contributed by atoms with van der Waals surface area (Å²) < 4.78 is 1.88. The molecule has 1 amide bonds. The molecule has 1 saturated heterocycles. The molecule has 6 nitrogen and oxygen atoms in total. The maximum atomic E-state index is 12.0. The number of likely N-dealkylation sites (tertiary alicyclic amines) is 1. The van der Waals surface area contributed by atoms with Crippen LogP contribution in [0.15, 0.2) is 43.0 Å². The number of amides is 1. The standard InChI is InChI=1S/C18H25N5O/c24-18(20-10-8-16-5-2-1-3-6-16)9-12-22-11-4-7-17(22)13-23-15-19-14-21-23/h1-3,5-6,14-15,17H,4,7-13H2,(H,20,24)/t17-/m0/s1. The molecule has 2 aromatic rings. The number of carbonyl (C=O) groups excluding carboxylic acids is 1. The summed E-state index contributed by atoms with van der Waals surface area (Å²) in [6, 6.07) is 10.7. The first-order valence-electron chi connectivity index (χ1n) is 8.68. The maximum absolute atomic E-state index is 12.0. The minimum atomic E-state index is 0.136. The molecule has 1 atom stereocenters. The molecule has 0 spiro atoms. The van der Waals surface area contributed by atoms with Crippen molar-refractivity contribution < 1.29 is 4.79 Å². The van der Waals surface area contributed by atoms with Crippen LogP contribution >= 0.6 is 0 Å². The lowest BCUT2D eigenvalue weighted by Gasteiger charge is -2.23. The highest BCUT2D eigenvalue weighted by Crippen LogP contribution is 2.18. The molecule has 1 aromatic carbocycles. The van der Waals surface area contributed by atoms with Crippen molar-refractivity contribution in [2.45, 2.75) is 38.3 Å². The Morgan fingerprint density at radius 3 is 2.96 bits per heavy atom. The van der Waals surface area contributed by atoms with Crippen LogP contribution < -0.4 is 5.32 Å². The zero-order valence-corrected chi connectivity index (χ0v) is 14.0. The van der Waals surface area contributed by atoms with E-state index in [2.05, 4.69) is 32.4 Å². The molecule has 1 N–H and O–H groups in total. The van der Waals surface area contributed by atoms with Crippen LogP contribution in [-0.2, 0) is 17.8 Å². The third-order valence-corrected chi connectivity index (χ3v) is 4.57. The van der Waals surface area contributed by atoms with E-state index in [0.717, 1.165) is 32.5 Å². The Bertz CT molecular complexity index is 614. The van der Waals surface area contributed by atoms with Gasteiger partial charge < -0.3 is 5.32 Å². The number of hydrogen-bond acceptors (Lipinski definition) is 4. The normalized spacial score (nSPS) is 17.9. The van der Waals surface area contributed by atoms with E-state index in [1.807, 2.05) is 22.9 Å². The molecule has 1 aliphatic rings. The molecule has 0 bridgehead atoms. The smallest absolute Gasteiger partial charge is 0.221 e. The molecular weight excluding hydrogens is 302 g/mol. The van der Waals surface area contributed by atoms with Gasteiger partial charge in [0, 0.05) is 25.6 Å². The summed E-state index contributed by atoms with van der Waals surface area (Å²) in [5.74, 6) is 0.136. The van der Waals surface area contributed by atoms with Crippen molar-refractivity contribution in [1.29, 1.82) is 0 Å². The van der Waals surface area contributed by atoms with Gasteiger partial charge in [0.25, 0.3) is 0 Å². The van der Waals surface area contributed by atoms with Gasteiger partial charge in [-0.05, 0) is 31.4 Å². The molecule has 0 radical (unpaired) electrons. The number of carbonyl (C=O) groups is 1. The number of rotatable bonds is 8. The lowest BCUT2D eigenvalue weighted by Crippen LogP contribution is -2.36. The summed E-state index contributed by atoms with van der Waals surface area (Å²) in [6.45, 7) is 3.44. The molecule has 0 aliphatic carbocycles. The topological polar surface area (TPSA) is 63.1 Å². The average Bonchev–Trinajstić information content (AvgIpc) is 3.26. The molecule has 1 fully saturated rings. The predicted molar refractivity (Wildman–Crippen MR) is 92.4 cm³/mol. The summed E-state index contributed by atoms with van der Waals surface area (Å²) in [5.41, 5.74) is 1.25. The number of nitrogens with one attached hydrogen (secondary N) is 1. The van der Waals surface area contributed by atoms with Gasteiger partial charge in [0.2, 0.25) is 5.91 Å². The summed E-state index contributed by atoms with van der Waals surface area (Å²) in [4.78, 5) is 18.4. The lowest BCUT2D eigenvalue weighted by atomic mass is 10.1. The highest BCUT2D eigenvalue weighted by atomic mass is 16.1. The van der Waals surface area contributed by atoms with E-state index in [4.69, 9.17) is 0 Å². The van der Waals surface area contributed by atoms with E-state index in [1.54, 1.807) is 12.7 Å². The van der Waals surface area contributed by atoms with Crippen LogP contribution in [0, 0.1) is 0 Å². The highest BCUT2D eigenvalue weighted by molar-refractivity contribution is 5.76. The molecule has 0 saturated carbocycles. The Morgan fingerprint density at radius 2 is 2.17 bits per heavy atom. The summed E-state index contributed by atoms with van der Waals surface area (Å²) >= 11 is 0. The van der Waals surface area contributed by atoms with E-state index in [9.17, 15) is 4.79 Å². The van der Waals surface area contributed by atoms with Crippen LogP contribution in [0.25, 0.3) is 0 Å². The van der Waals surface area contributed by atoms with Crippen molar-refractivity contribution in [2.75, 3.05) is 19.6 Å². The van der Waals surface area contributed by atoms with Gasteiger partial charge in [-0.2, -0.15) is 5.10 Å². The lowest BCUT2D eigenvalue weighted by molar-refractivity contribution is -0.121. The SMILES string of the molecule is O=C(CCN1CCC[C@H]1Cn1cncn1)NCCc1ccccc1. The van der Waals surface area contributed by atoms with E-state index in [0.29, 0.717) is 19.0 Å². The fourth-order valence-electron chi connectivity index (χ4n) is 3.26. The largest absolute Gasteiger partial charge is 0.356 e. The van der Waals surface area contributed by atoms with Crippen LogP contribution in [0.5, 0.6) is 0 Å². The van der Waals surface area contributed by atoms with Crippen molar-refractivity contribution in [3.63, 3.8) is 0 Å². The van der Waals surface area contributed by atoms with Crippen molar-refractivity contribution in [1.82, 2.24) is 25.0 Å². The molecule has 1 aliphatic heterocycles. The average molecular weight is 327 g/mol. The Morgan fingerprint density at radius 1 is 1.29 bits per heavy atom. The van der Waals surface area contributed by atoms with Crippen LogP contribution in [0.2, 0.25) is 0 Å². The van der Waals surface area contributed by atoms with Crippen molar-refractivity contribution >= 4 is 5.91 Å². The van der Waals surface area contributed by atoms with Gasteiger partial charge in [-0.1, -0.05) is 30.3 Å². The van der Waals surface area contributed by atoms with Gasteiger partial charge >= 0.3 is 0 Å².